The van der Waals surface area contributed by atoms with Crippen molar-refractivity contribution in [2.24, 2.45) is 0 Å². The maximum absolute atomic E-state index is 8.18. The van der Waals surface area contributed by atoms with E-state index >= 15 is 0 Å². The Hall–Kier alpha value is -1.58. The summed E-state index contributed by atoms with van der Waals surface area (Å²) in [5.74, 6) is 0.810. The Balaban J connectivity index is 2.26. The normalized spacial score (nSPS) is 10.5. The maximum atomic E-state index is 8.18. The summed E-state index contributed by atoms with van der Waals surface area (Å²) in [6, 6.07) is 13.9. The van der Waals surface area contributed by atoms with Crippen molar-refractivity contribution in [2.45, 2.75) is 0 Å². The number of benzene rings is 2. The van der Waals surface area contributed by atoms with Crippen LogP contribution in [0.5, 0.6) is 5.75 Å². The summed E-state index contributed by atoms with van der Waals surface area (Å²) in [6.45, 7) is 0.508. The van der Waals surface area contributed by atoms with E-state index in [2.05, 4.69) is 4.89 Å². The Labute approximate surface area is 87.8 Å². The van der Waals surface area contributed by atoms with E-state index in [1.807, 2.05) is 42.5 Å². The summed E-state index contributed by atoms with van der Waals surface area (Å²) < 4.78 is 5.47. The predicted octanol–water partition coefficient (Wildman–Crippen LogP) is 2.71. The van der Waals surface area contributed by atoms with Gasteiger partial charge in [0.25, 0.3) is 0 Å². The van der Waals surface area contributed by atoms with Crippen LogP contribution in [0.1, 0.15) is 0 Å². The standard InChI is InChI=1S/C12H12O3/c13-15-9-8-14-12-7-3-5-10-4-1-2-6-11(10)12/h1-7,13H,8-9H2. The van der Waals surface area contributed by atoms with Crippen LogP contribution in [0.4, 0.5) is 0 Å². The van der Waals surface area contributed by atoms with Gasteiger partial charge in [-0.15, -0.1) is 0 Å². The van der Waals surface area contributed by atoms with Gasteiger partial charge in [-0.05, 0) is 11.5 Å². The van der Waals surface area contributed by atoms with E-state index in [1.165, 1.54) is 0 Å². The molecule has 0 bridgehead atoms. The molecule has 3 heteroatoms. The zero-order chi connectivity index (χ0) is 10.5. The molecule has 3 nitrogen and oxygen atoms in total. The highest BCUT2D eigenvalue weighted by atomic mass is 17.1. The van der Waals surface area contributed by atoms with Crippen LogP contribution in [0, 0.1) is 0 Å². The fourth-order valence-electron chi connectivity index (χ4n) is 1.51. The van der Waals surface area contributed by atoms with Gasteiger partial charge in [-0.25, -0.2) is 4.89 Å². The van der Waals surface area contributed by atoms with Crippen LogP contribution < -0.4 is 4.74 Å². The van der Waals surface area contributed by atoms with Gasteiger partial charge in [0.15, 0.2) is 0 Å². The molecular formula is C12H12O3. The summed E-state index contributed by atoms with van der Waals surface area (Å²) in [5.41, 5.74) is 0. The van der Waals surface area contributed by atoms with Crippen molar-refractivity contribution in [3.63, 3.8) is 0 Å². The van der Waals surface area contributed by atoms with Crippen LogP contribution in [-0.4, -0.2) is 18.5 Å². The molecule has 0 aliphatic carbocycles. The average Bonchev–Trinajstić information content (AvgIpc) is 2.30. The molecule has 2 rings (SSSR count). The number of hydrogen-bond acceptors (Lipinski definition) is 3. The molecule has 0 unspecified atom stereocenters. The number of fused-ring (bicyclic) bond motifs is 1. The molecule has 0 amide bonds. The SMILES string of the molecule is OOCCOc1cccc2ccccc12. The molecule has 0 aliphatic rings. The van der Waals surface area contributed by atoms with Crippen molar-refractivity contribution in [3.8, 4) is 5.75 Å². The molecule has 0 spiro atoms. The van der Waals surface area contributed by atoms with E-state index in [9.17, 15) is 0 Å². The van der Waals surface area contributed by atoms with Gasteiger partial charge in [0.2, 0.25) is 0 Å². The molecule has 0 aromatic heterocycles. The minimum absolute atomic E-state index is 0.170. The van der Waals surface area contributed by atoms with E-state index in [0.717, 1.165) is 16.5 Å². The molecular weight excluding hydrogens is 192 g/mol. The lowest BCUT2D eigenvalue weighted by atomic mass is 10.1. The van der Waals surface area contributed by atoms with Crippen molar-refractivity contribution in [1.82, 2.24) is 0 Å². The maximum Gasteiger partial charge on any atom is 0.127 e. The van der Waals surface area contributed by atoms with Gasteiger partial charge in [-0.3, -0.25) is 5.26 Å². The van der Waals surface area contributed by atoms with E-state index in [1.54, 1.807) is 0 Å². The molecule has 78 valence electrons. The van der Waals surface area contributed by atoms with Crippen LogP contribution in [-0.2, 0) is 4.89 Å². The zero-order valence-electron chi connectivity index (χ0n) is 8.22. The number of rotatable bonds is 4. The van der Waals surface area contributed by atoms with Crippen LogP contribution in [0.25, 0.3) is 10.8 Å². The minimum atomic E-state index is 0.170. The van der Waals surface area contributed by atoms with Crippen LogP contribution in [0.2, 0.25) is 0 Å². The molecule has 0 radical (unpaired) electrons. The average molecular weight is 204 g/mol. The first-order valence-electron chi connectivity index (χ1n) is 4.79. The second-order valence-electron chi connectivity index (χ2n) is 3.16. The van der Waals surface area contributed by atoms with E-state index in [0.29, 0.717) is 6.61 Å². The quantitative estimate of drug-likeness (QED) is 0.472. The highest BCUT2D eigenvalue weighted by Gasteiger charge is 2.00. The van der Waals surface area contributed by atoms with Gasteiger partial charge in [-0.1, -0.05) is 36.4 Å². The van der Waals surface area contributed by atoms with E-state index < -0.39 is 0 Å². The molecule has 15 heavy (non-hydrogen) atoms. The summed E-state index contributed by atoms with van der Waals surface area (Å²) >= 11 is 0. The smallest absolute Gasteiger partial charge is 0.127 e. The number of ether oxygens (including phenoxy) is 1. The van der Waals surface area contributed by atoms with Gasteiger partial charge in [-0.2, -0.15) is 0 Å². The van der Waals surface area contributed by atoms with Gasteiger partial charge >= 0.3 is 0 Å². The molecule has 1 N–H and O–H groups in total. The second-order valence-corrected chi connectivity index (χ2v) is 3.16. The summed E-state index contributed by atoms with van der Waals surface area (Å²) in [5, 5.41) is 10.4. The molecule has 0 saturated heterocycles. The monoisotopic (exact) mass is 204 g/mol. The fraction of sp³-hybridized carbons (Fsp3) is 0.167. The molecule has 0 heterocycles. The molecule has 0 aliphatic heterocycles. The first-order valence-corrected chi connectivity index (χ1v) is 4.79. The highest BCUT2D eigenvalue weighted by Crippen LogP contribution is 2.24. The zero-order valence-corrected chi connectivity index (χ0v) is 8.22. The topological polar surface area (TPSA) is 38.7 Å². The van der Waals surface area contributed by atoms with Crippen molar-refractivity contribution >= 4 is 10.8 Å². The summed E-state index contributed by atoms with van der Waals surface area (Å²) in [7, 11) is 0. The lowest BCUT2D eigenvalue weighted by Gasteiger charge is -2.07. The fourth-order valence-corrected chi connectivity index (χ4v) is 1.51. The Kier molecular flexibility index (Phi) is 3.17. The van der Waals surface area contributed by atoms with Gasteiger partial charge < -0.3 is 4.74 Å². The lowest BCUT2D eigenvalue weighted by Crippen LogP contribution is -2.04. The Morgan fingerprint density at radius 2 is 1.73 bits per heavy atom. The predicted molar refractivity (Wildman–Crippen MR) is 58.0 cm³/mol. The van der Waals surface area contributed by atoms with Crippen molar-refractivity contribution in [2.75, 3.05) is 13.2 Å². The summed E-state index contributed by atoms with van der Waals surface area (Å²) in [4.78, 5) is 3.95. The third-order valence-corrected chi connectivity index (χ3v) is 2.18. The van der Waals surface area contributed by atoms with Crippen LogP contribution >= 0.6 is 0 Å². The van der Waals surface area contributed by atoms with Gasteiger partial charge in [0.05, 0.1) is 0 Å². The molecule has 0 saturated carbocycles. The van der Waals surface area contributed by atoms with Crippen molar-refractivity contribution < 1.29 is 14.9 Å². The number of hydrogen-bond donors (Lipinski definition) is 1. The first kappa shape index (κ1) is 9.96. The summed E-state index contributed by atoms with van der Waals surface area (Å²) in [6.07, 6.45) is 0. The van der Waals surface area contributed by atoms with Gasteiger partial charge in [0.1, 0.15) is 19.0 Å². The molecule has 0 fully saturated rings. The van der Waals surface area contributed by atoms with Crippen molar-refractivity contribution in [1.29, 1.82) is 0 Å². The van der Waals surface area contributed by atoms with Gasteiger partial charge in [0, 0.05) is 5.39 Å². The molecule has 2 aromatic rings. The minimum Gasteiger partial charge on any atom is -0.490 e. The Morgan fingerprint density at radius 1 is 0.933 bits per heavy atom. The van der Waals surface area contributed by atoms with Crippen molar-refractivity contribution in [3.05, 3.63) is 42.5 Å². The second kappa shape index (κ2) is 4.77. The third kappa shape index (κ3) is 2.26. The van der Waals surface area contributed by atoms with E-state index in [4.69, 9.17) is 9.99 Å². The largest absolute Gasteiger partial charge is 0.490 e. The first-order chi connectivity index (χ1) is 7.42. The lowest BCUT2D eigenvalue weighted by molar-refractivity contribution is -0.245. The van der Waals surface area contributed by atoms with Crippen LogP contribution in [0.15, 0.2) is 42.5 Å². The van der Waals surface area contributed by atoms with Crippen LogP contribution in [0.3, 0.4) is 0 Å². The molecule has 2 aromatic carbocycles. The molecule has 0 atom stereocenters. The highest BCUT2D eigenvalue weighted by molar-refractivity contribution is 5.88. The van der Waals surface area contributed by atoms with E-state index in [-0.39, 0.29) is 6.61 Å². The third-order valence-electron chi connectivity index (χ3n) is 2.18. The Bertz CT molecular complexity index is 434. The Morgan fingerprint density at radius 3 is 2.60 bits per heavy atom.